The van der Waals surface area contributed by atoms with Crippen molar-refractivity contribution in [1.29, 1.82) is 0 Å². The molecule has 0 unspecified atom stereocenters. The predicted octanol–water partition coefficient (Wildman–Crippen LogP) is 0.669. The number of sulfonamides is 1. The van der Waals surface area contributed by atoms with Crippen molar-refractivity contribution < 1.29 is 17.9 Å². The summed E-state index contributed by atoms with van der Waals surface area (Å²) in [4.78, 5) is 11.6. The quantitative estimate of drug-likeness (QED) is 0.571. The number of esters is 1. The minimum atomic E-state index is -3.55. The van der Waals surface area contributed by atoms with Crippen LogP contribution in [0, 0.1) is 6.92 Å². The van der Waals surface area contributed by atoms with E-state index >= 15 is 0 Å². The number of aryl methyl sites for hydroxylation is 1. The van der Waals surface area contributed by atoms with Crippen LogP contribution in [0.25, 0.3) is 0 Å². The molecule has 2 N–H and O–H groups in total. The minimum absolute atomic E-state index is 0.176. The van der Waals surface area contributed by atoms with Crippen molar-refractivity contribution in [2.24, 2.45) is 0 Å². The molecule has 0 amide bonds. The zero-order valence-corrected chi connectivity index (χ0v) is 12.7. The van der Waals surface area contributed by atoms with Crippen LogP contribution >= 0.6 is 0 Å². The second-order valence-corrected chi connectivity index (χ2v) is 6.06. The summed E-state index contributed by atoms with van der Waals surface area (Å²) in [6.45, 7) is 2.75. The molecule has 0 atom stereocenters. The van der Waals surface area contributed by atoms with Crippen LogP contribution in [-0.2, 0) is 14.8 Å². The molecule has 6 nitrogen and oxygen atoms in total. The van der Waals surface area contributed by atoms with E-state index in [9.17, 15) is 13.2 Å². The van der Waals surface area contributed by atoms with Gasteiger partial charge in [-0.05, 0) is 50.7 Å². The molecule has 0 aromatic heterocycles. The highest BCUT2D eigenvalue weighted by molar-refractivity contribution is 7.89. The molecule has 0 aliphatic rings. The molecule has 0 spiro atoms. The maximum Gasteiger partial charge on any atom is 0.337 e. The Hall–Kier alpha value is -1.44. The van der Waals surface area contributed by atoms with E-state index in [2.05, 4.69) is 14.8 Å². The van der Waals surface area contributed by atoms with Crippen molar-refractivity contribution in [3.8, 4) is 0 Å². The van der Waals surface area contributed by atoms with Gasteiger partial charge in [-0.2, -0.15) is 0 Å². The van der Waals surface area contributed by atoms with Crippen LogP contribution in [0.3, 0.4) is 0 Å². The van der Waals surface area contributed by atoms with Gasteiger partial charge in [-0.1, -0.05) is 0 Å². The van der Waals surface area contributed by atoms with Gasteiger partial charge in [0, 0.05) is 6.54 Å². The van der Waals surface area contributed by atoms with E-state index in [1.54, 1.807) is 6.92 Å². The highest BCUT2D eigenvalue weighted by atomic mass is 32.2. The summed E-state index contributed by atoms with van der Waals surface area (Å²) in [5.74, 6) is -0.487. The molecular formula is C13H20N2O4S. The maximum atomic E-state index is 12.1. The van der Waals surface area contributed by atoms with Crippen LogP contribution in [0.5, 0.6) is 0 Å². The molecule has 0 fully saturated rings. The van der Waals surface area contributed by atoms with Crippen molar-refractivity contribution in [3.63, 3.8) is 0 Å². The highest BCUT2D eigenvalue weighted by Crippen LogP contribution is 2.17. The topological polar surface area (TPSA) is 84.5 Å². The Morgan fingerprint density at radius 3 is 2.55 bits per heavy atom. The van der Waals surface area contributed by atoms with Crippen LogP contribution in [0.1, 0.15) is 22.3 Å². The summed E-state index contributed by atoms with van der Waals surface area (Å²) in [5, 5.41) is 2.95. The predicted molar refractivity (Wildman–Crippen MR) is 76.3 cm³/mol. The Kier molecular flexibility index (Phi) is 6.12. The zero-order chi connectivity index (χ0) is 15.2. The van der Waals surface area contributed by atoms with E-state index in [0.29, 0.717) is 24.1 Å². The zero-order valence-electron chi connectivity index (χ0n) is 11.9. The molecule has 0 aliphatic carbocycles. The SMILES string of the molecule is CNCCCNS(=O)(=O)c1ccc(C(=O)OC)cc1C. The fraction of sp³-hybridized carbons (Fsp3) is 0.462. The highest BCUT2D eigenvalue weighted by Gasteiger charge is 2.17. The lowest BCUT2D eigenvalue weighted by molar-refractivity contribution is 0.0600. The van der Waals surface area contributed by atoms with Gasteiger partial charge in [0.15, 0.2) is 0 Å². The molecule has 0 heterocycles. The second kappa shape index (κ2) is 7.37. The van der Waals surface area contributed by atoms with Gasteiger partial charge < -0.3 is 10.1 Å². The Bertz CT molecular complexity index is 570. The molecule has 1 rings (SSSR count). The Morgan fingerprint density at radius 1 is 1.30 bits per heavy atom. The summed E-state index contributed by atoms with van der Waals surface area (Å²) < 4.78 is 31.4. The first-order valence-corrected chi connectivity index (χ1v) is 7.74. The lowest BCUT2D eigenvalue weighted by atomic mass is 10.1. The number of benzene rings is 1. The van der Waals surface area contributed by atoms with Crippen LogP contribution in [-0.4, -0.2) is 41.6 Å². The first-order chi connectivity index (χ1) is 9.42. The van der Waals surface area contributed by atoms with Crippen LogP contribution in [0.2, 0.25) is 0 Å². The average molecular weight is 300 g/mol. The van der Waals surface area contributed by atoms with E-state index in [4.69, 9.17) is 0 Å². The van der Waals surface area contributed by atoms with Crippen LogP contribution in [0.15, 0.2) is 23.1 Å². The smallest absolute Gasteiger partial charge is 0.337 e. The van der Waals surface area contributed by atoms with Crippen LogP contribution in [0.4, 0.5) is 0 Å². The standard InChI is InChI=1S/C13H20N2O4S/c1-10-9-11(13(16)19-3)5-6-12(10)20(17,18)15-8-4-7-14-2/h5-6,9,14-15H,4,7-8H2,1-3H3. The first kappa shape index (κ1) is 16.6. The van der Waals surface area contributed by atoms with E-state index < -0.39 is 16.0 Å². The van der Waals surface area contributed by atoms with Crippen molar-refractivity contribution in [1.82, 2.24) is 10.0 Å². The molecular weight excluding hydrogens is 280 g/mol. The molecule has 20 heavy (non-hydrogen) atoms. The number of rotatable bonds is 7. The number of ether oxygens (including phenoxy) is 1. The third kappa shape index (κ3) is 4.29. The number of carbonyl (C=O) groups excluding carboxylic acids is 1. The third-order valence-corrected chi connectivity index (χ3v) is 4.40. The number of carbonyl (C=O) groups is 1. The molecule has 0 radical (unpaired) electrons. The largest absolute Gasteiger partial charge is 0.465 e. The average Bonchev–Trinajstić information content (AvgIpc) is 2.42. The number of hydrogen-bond donors (Lipinski definition) is 2. The van der Waals surface area contributed by atoms with Gasteiger partial charge in [-0.3, -0.25) is 0 Å². The monoisotopic (exact) mass is 300 g/mol. The lowest BCUT2D eigenvalue weighted by Gasteiger charge is -2.10. The van der Waals surface area contributed by atoms with Gasteiger partial charge >= 0.3 is 5.97 Å². The van der Waals surface area contributed by atoms with Gasteiger partial charge in [0.05, 0.1) is 17.6 Å². The summed E-state index contributed by atoms with van der Waals surface area (Å²) in [6.07, 6.45) is 0.703. The molecule has 0 saturated heterocycles. The minimum Gasteiger partial charge on any atom is -0.465 e. The van der Waals surface area contributed by atoms with Crippen molar-refractivity contribution in [3.05, 3.63) is 29.3 Å². The number of methoxy groups -OCH3 is 1. The number of nitrogens with one attached hydrogen (secondary N) is 2. The summed E-state index contributed by atoms with van der Waals surface area (Å²) in [5.41, 5.74) is 0.841. The van der Waals surface area contributed by atoms with Crippen molar-refractivity contribution in [2.45, 2.75) is 18.2 Å². The van der Waals surface area contributed by atoms with Crippen molar-refractivity contribution >= 4 is 16.0 Å². The van der Waals surface area contributed by atoms with E-state index in [0.717, 1.165) is 6.54 Å². The second-order valence-electron chi connectivity index (χ2n) is 4.33. The lowest BCUT2D eigenvalue weighted by Crippen LogP contribution is -2.27. The Morgan fingerprint density at radius 2 is 2.00 bits per heavy atom. The molecule has 112 valence electrons. The van der Waals surface area contributed by atoms with Crippen molar-refractivity contribution in [2.75, 3.05) is 27.2 Å². The van der Waals surface area contributed by atoms with Gasteiger partial charge in [0.25, 0.3) is 0 Å². The molecule has 1 aromatic rings. The molecule has 1 aromatic carbocycles. The Balaban J connectivity index is 2.88. The van der Waals surface area contributed by atoms with Gasteiger partial charge in [0.1, 0.15) is 0 Å². The van der Waals surface area contributed by atoms with Gasteiger partial charge in [-0.25, -0.2) is 17.9 Å². The van der Waals surface area contributed by atoms with E-state index in [-0.39, 0.29) is 4.90 Å². The van der Waals surface area contributed by atoms with Gasteiger partial charge in [-0.15, -0.1) is 0 Å². The van der Waals surface area contributed by atoms with Gasteiger partial charge in [0.2, 0.25) is 10.0 Å². The number of hydrogen-bond acceptors (Lipinski definition) is 5. The normalized spacial score (nSPS) is 11.3. The fourth-order valence-corrected chi connectivity index (χ4v) is 3.04. The fourth-order valence-electron chi connectivity index (χ4n) is 1.75. The summed E-state index contributed by atoms with van der Waals surface area (Å²) in [7, 11) is -0.457. The summed E-state index contributed by atoms with van der Waals surface area (Å²) in [6, 6.07) is 4.37. The maximum absolute atomic E-state index is 12.1. The molecule has 7 heteroatoms. The third-order valence-electron chi connectivity index (χ3n) is 2.78. The molecule has 0 aliphatic heterocycles. The van der Waals surface area contributed by atoms with E-state index in [1.165, 1.54) is 25.3 Å². The van der Waals surface area contributed by atoms with Crippen LogP contribution < -0.4 is 10.0 Å². The molecule has 0 saturated carbocycles. The van der Waals surface area contributed by atoms with E-state index in [1.807, 2.05) is 7.05 Å². The Labute approximate surface area is 119 Å². The summed E-state index contributed by atoms with van der Waals surface area (Å²) >= 11 is 0. The molecule has 0 bridgehead atoms. The first-order valence-electron chi connectivity index (χ1n) is 6.25.